The van der Waals surface area contributed by atoms with Gasteiger partial charge in [0.15, 0.2) is 5.69 Å². The molecule has 25 heavy (non-hydrogen) atoms. The van der Waals surface area contributed by atoms with Crippen molar-refractivity contribution in [2.75, 3.05) is 0 Å². The highest BCUT2D eigenvalue weighted by Crippen LogP contribution is 2.18. The first-order valence-electron chi connectivity index (χ1n) is 7.60. The van der Waals surface area contributed by atoms with Gasteiger partial charge in [-0.15, -0.1) is 10.2 Å². The number of aryl methyl sites for hydroxylation is 2. The molecule has 0 unspecified atom stereocenters. The van der Waals surface area contributed by atoms with Crippen LogP contribution in [0.1, 0.15) is 17.1 Å². The summed E-state index contributed by atoms with van der Waals surface area (Å²) in [4.78, 5) is 13.5. The van der Waals surface area contributed by atoms with Crippen LogP contribution >= 0.6 is 0 Å². The standard InChI is InChI=1S/C16H14N6O3/c1-10-8-12(20-25-10)9-21-16(23)24-15(19-21)14-11(2)17-22(18-14)13-6-4-3-5-7-13/h3-8H,9H2,1-2H3. The molecule has 0 saturated carbocycles. The first kappa shape index (κ1) is 15.1. The monoisotopic (exact) mass is 338 g/mol. The van der Waals surface area contributed by atoms with E-state index in [1.54, 1.807) is 19.9 Å². The molecule has 3 aromatic heterocycles. The lowest BCUT2D eigenvalue weighted by Gasteiger charge is -1.96. The number of hydrogen-bond acceptors (Lipinski definition) is 7. The van der Waals surface area contributed by atoms with Crippen molar-refractivity contribution in [2.45, 2.75) is 20.4 Å². The summed E-state index contributed by atoms with van der Waals surface area (Å²) in [6.07, 6.45) is 0. The van der Waals surface area contributed by atoms with E-state index in [0.717, 1.165) is 5.69 Å². The molecule has 4 aromatic rings. The molecule has 0 atom stereocenters. The summed E-state index contributed by atoms with van der Waals surface area (Å²) in [7, 11) is 0. The summed E-state index contributed by atoms with van der Waals surface area (Å²) in [5.41, 5.74) is 2.41. The van der Waals surface area contributed by atoms with Crippen molar-refractivity contribution in [2.24, 2.45) is 0 Å². The van der Waals surface area contributed by atoms with Gasteiger partial charge in [0, 0.05) is 6.07 Å². The minimum Gasteiger partial charge on any atom is -0.386 e. The molecule has 0 aliphatic rings. The van der Waals surface area contributed by atoms with Gasteiger partial charge in [0.05, 0.1) is 17.9 Å². The highest BCUT2D eigenvalue weighted by Gasteiger charge is 2.18. The summed E-state index contributed by atoms with van der Waals surface area (Å²) < 4.78 is 11.4. The smallest absolute Gasteiger partial charge is 0.386 e. The van der Waals surface area contributed by atoms with Crippen LogP contribution in [-0.2, 0) is 6.54 Å². The minimum absolute atomic E-state index is 0.116. The number of aromatic nitrogens is 6. The molecule has 0 fully saturated rings. The first-order chi connectivity index (χ1) is 12.1. The maximum Gasteiger partial charge on any atom is 0.437 e. The second-order valence-electron chi connectivity index (χ2n) is 5.52. The normalized spacial score (nSPS) is 11.1. The summed E-state index contributed by atoms with van der Waals surface area (Å²) in [5.74, 6) is 0.183. The largest absolute Gasteiger partial charge is 0.437 e. The number of nitrogens with zero attached hydrogens (tertiary/aromatic N) is 6. The van der Waals surface area contributed by atoms with Crippen LogP contribution in [-0.4, -0.2) is 29.9 Å². The van der Waals surface area contributed by atoms with Gasteiger partial charge in [0.2, 0.25) is 0 Å². The summed E-state index contributed by atoms with van der Waals surface area (Å²) in [5, 5.41) is 16.8. The lowest BCUT2D eigenvalue weighted by atomic mass is 10.3. The van der Waals surface area contributed by atoms with Gasteiger partial charge < -0.3 is 8.94 Å². The van der Waals surface area contributed by atoms with E-state index in [4.69, 9.17) is 8.94 Å². The van der Waals surface area contributed by atoms with Gasteiger partial charge >= 0.3 is 5.76 Å². The van der Waals surface area contributed by atoms with Gasteiger partial charge in [-0.1, -0.05) is 23.4 Å². The van der Waals surface area contributed by atoms with E-state index in [1.807, 2.05) is 30.3 Å². The van der Waals surface area contributed by atoms with Gasteiger partial charge in [0.1, 0.15) is 11.5 Å². The van der Waals surface area contributed by atoms with Gasteiger partial charge in [0.25, 0.3) is 5.89 Å². The fourth-order valence-corrected chi connectivity index (χ4v) is 2.40. The van der Waals surface area contributed by atoms with Gasteiger partial charge in [-0.3, -0.25) is 0 Å². The van der Waals surface area contributed by atoms with E-state index in [0.29, 0.717) is 22.8 Å². The Morgan fingerprint density at radius 1 is 1.08 bits per heavy atom. The van der Waals surface area contributed by atoms with Crippen molar-refractivity contribution in [3.05, 3.63) is 64.1 Å². The molecule has 0 spiro atoms. The first-order valence-corrected chi connectivity index (χ1v) is 7.60. The van der Waals surface area contributed by atoms with Crippen molar-refractivity contribution in [1.29, 1.82) is 0 Å². The Balaban J connectivity index is 1.68. The molecule has 3 heterocycles. The van der Waals surface area contributed by atoms with E-state index < -0.39 is 5.76 Å². The quantitative estimate of drug-likeness (QED) is 0.558. The molecule has 0 aliphatic heterocycles. The molecule has 9 nitrogen and oxygen atoms in total. The molecule has 4 rings (SSSR count). The van der Waals surface area contributed by atoms with Gasteiger partial charge in [-0.2, -0.15) is 14.6 Å². The number of para-hydroxylation sites is 1. The predicted octanol–water partition coefficient (Wildman–Crippen LogP) is 1.74. The predicted molar refractivity (Wildman–Crippen MR) is 86.2 cm³/mol. The van der Waals surface area contributed by atoms with E-state index in [2.05, 4.69) is 20.5 Å². The van der Waals surface area contributed by atoms with Crippen LogP contribution in [0.2, 0.25) is 0 Å². The SMILES string of the molecule is Cc1cc(Cn2nc(-c3nn(-c4ccccc4)nc3C)oc2=O)no1. The zero-order chi connectivity index (χ0) is 17.4. The van der Waals surface area contributed by atoms with Crippen molar-refractivity contribution in [3.8, 4) is 17.3 Å². The fraction of sp³-hybridized carbons (Fsp3) is 0.188. The molecule has 0 bridgehead atoms. The average Bonchev–Trinajstić information content (AvgIpc) is 3.29. The Hall–Kier alpha value is -3.49. The van der Waals surface area contributed by atoms with Crippen molar-refractivity contribution in [3.63, 3.8) is 0 Å². The van der Waals surface area contributed by atoms with Crippen molar-refractivity contribution in [1.82, 2.24) is 29.9 Å². The second kappa shape index (κ2) is 5.86. The Bertz CT molecular complexity index is 1070. The zero-order valence-corrected chi connectivity index (χ0v) is 13.6. The Kier molecular flexibility index (Phi) is 3.53. The highest BCUT2D eigenvalue weighted by atomic mass is 16.5. The third-order valence-electron chi connectivity index (χ3n) is 3.57. The Morgan fingerprint density at radius 2 is 1.88 bits per heavy atom. The Morgan fingerprint density at radius 3 is 2.60 bits per heavy atom. The van der Waals surface area contributed by atoms with Crippen LogP contribution in [0.25, 0.3) is 17.3 Å². The maximum atomic E-state index is 12.0. The van der Waals surface area contributed by atoms with E-state index in [1.165, 1.54) is 9.48 Å². The van der Waals surface area contributed by atoms with E-state index in [9.17, 15) is 4.79 Å². The van der Waals surface area contributed by atoms with E-state index >= 15 is 0 Å². The summed E-state index contributed by atoms with van der Waals surface area (Å²) >= 11 is 0. The van der Waals surface area contributed by atoms with Crippen molar-refractivity contribution < 1.29 is 8.94 Å². The van der Waals surface area contributed by atoms with Gasteiger partial charge in [-0.05, 0) is 26.0 Å². The zero-order valence-electron chi connectivity index (χ0n) is 13.6. The number of rotatable bonds is 4. The van der Waals surface area contributed by atoms with Crippen LogP contribution in [0.4, 0.5) is 0 Å². The summed E-state index contributed by atoms with van der Waals surface area (Å²) in [6.45, 7) is 3.71. The maximum absolute atomic E-state index is 12.0. The number of hydrogen-bond donors (Lipinski definition) is 0. The van der Waals surface area contributed by atoms with Crippen LogP contribution in [0.15, 0.2) is 50.1 Å². The lowest BCUT2D eigenvalue weighted by Crippen LogP contribution is -2.16. The molecule has 0 aliphatic carbocycles. The van der Waals surface area contributed by atoms with E-state index in [-0.39, 0.29) is 12.4 Å². The van der Waals surface area contributed by atoms with Crippen LogP contribution in [0.5, 0.6) is 0 Å². The molecule has 0 radical (unpaired) electrons. The molecule has 126 valence electrons. The fourth-order valence-electron chi connectivity index (χ4n) is 2.40. The second-order valence-corrected chi connectivity index (χ2v) is 5.52. The summed E-state index contributed by atoms with van der Waals surface area (Å²) in [6, 6.07) is 11.2. The topological polar surface area (TPSA) is 105 Å². The highest BCUT2D eigenvalue weighted by molar-refractivity contribution is 5.49. The van der Waals surface area contributed by atoms with Crippen LogP contribution < -0.4 is 5.76 Å². The van der Waals surface area contributed by atoms with Crippen LogP contribution in [0.3, 0.4) is 0 Å². The third-order valence-corrected chi connectivity index (χ3v) is 3.57. The molecule has 0 saturated heterocycles. The molecule has 0 amide bonds. The van der Waals surface area contributed by atoms with Crippen molar-refractivity contribution >= 4 is 0 Å². The van der Waals surface area contributed by atoms with Crippen LogP contribution in [0, 0.1) is 13.8 Å². The average molecular weight is 338 g/mol. The molecule has 9 heteroatoms. The minimum atomic E-state index is -0.593. The lowest BCUT2D eigenvalue weighted by molar-refractivity contribution is 0.386. The molecule has 0 N–H and O–H groups in total. The third kappa shape index (κ3) is 2.87. The Labute approximate surface area is 141 Å². The number of benzene rings is 1. The molecular weight excluding hydrogens is 324 g/mol. The molecule has 1 aromatic carbocycles. The van der Waals surface area contributed by atoms with Gasteiger partial charge in [-0.25, -0.2) is 4.79 Å². The molecular formula is C16H14N6O3.